The van der Waals surface area contributed by atoms with Gasteiger partial charge < -0.3 is 10.4 Å². The van der Waals surface area contributed by atoms with Gasteiger partial charge in [-0.15, -0.1) is 0 Å². The maximum Gasteiger partial charge on any atom is 0.0431 e. The van der Waals surface area contributed by atoms with Gasteiger partial charge in [0, 0.05) is 18.7 Å². The van der Waals surface area contributed by atoms with E-state index in [0.717, 1.165) is 18.8 Å². The first kappa shape index (κ1) is 14.9. The molecule has 2 nitrogen and oxygen atoms in total. The number of hydrogen-bond donors (Lipinski definition) is 2. The van der Waals surface area contributed by atoms with Crippen LogP contribution in [-0.4, -0.2) is 23.8 Å². The van der Waals surface area contributed by atoms with Gasteiger partial charge in [-0.05, 0) is 38.5 Å². The Morgan fingerprint density at radius 3 is 2.27 bits per heavy atom. The summed E-state index contributed by atoms with van der Waals surface area (Å²) in [5, 5.41) is 12.4. The van der Waals surface area contributed by atoms with Gasteiger partial charge in [0.05, 0.1) is 0 Å². The Bertz CT molecular complexity index is 138. The fourth-order valence-electron chi connectivity index (χ4n) is 1.89. The highest BCUT2D eigenvalue weighted by molar-refractivity contribution is 4.72. The van der Waals surface area contributed by atoms with Crippen LogP contribution in [0.5, 0.6) is 0 Å². The Balaban J connectivity index is 3.76. The third-order valence-corrected chi connectivity index (χ3v) is 3.19. The predicted molar refractivity (Wildman–Crippen MR) is 67.1 cm³/mol. The smallest absolute Gasteiger partial charge is 0.0431 e. The minimum atomic E-state index is 0.314. The number of hydrogen-bond acceptors (Lipinski definition) is 2. The lowest BCUT2D eigenvalue weighted by Crippen LogP contribution is -2.37. The number of aliphatic hydroxyl groups excluding tert-OH is 1. The molecule has 0 amide bonds. The fourth-order valence-corrected chi connectivity index (χ4v) is 1.89. The second-order valence-electron chi connectivity index (χ2n) is 4.79. The summed E-state index contributed by atoms with van der Waals surface area (Å²) in [6.45, 7) is 9.36. The van der Waals surface area contributed by atoms with E-state index in [-0.39, 0.29) is 0 Å². The summed E-state index contributed by atoms with van der Waals surface area (Å²) >= 11 is 0. The van der Waals surface area contributed by atoms with Crippen LogP contribution in [0.4, 0.5) is 0 Å². The number of aliphatic hydroxyl groups is 1. The van der Waals surface area contributed by atoms with Crippen molar-refractivity contribution in [2.75, 3.05) is 6.61 Å². The van der Waals surface area contributed by atoms with Crippen molar-refractivity contribution in [3.8, 4) is 0 Å². The van der Waals surface area contributed by atoms with E-state index in [0.29, 0.717) is 18.7 Å². The van der Waals surface area contributed by atoms with E-state index in [1.165, 1.54) is 19.3 Å². The normalized spacial score (nSPS) is 17.4. The van der Waals surface area contributed by atoms with Crippen LogP contribution in [0.2, 0.25) is 0 Å². The van der Waals surface area contributed by atoms with E-state index in [2.05, 4.69) is 33.0 Å². The second kappa shape index (κ2) is 9.17. The zero-order valence-corrected chi connectivity index (χ0v) is 10.9. The van der Waals surface area contributed by atoms with E-state index in [1.807, 2.05) is 0 Å². The van der Waals surface area contributed by atoms with Gasteiger partial charge in [0.15, 0.2) is 0 Å². The Morgan fingerprint density at radius 1 is 1.13 bits per heavy atom. The molecule has 0 aliphatic carbocycles. The van der Waals surface area contributed by atoms with Crippen LogP contribution in [0, 0.1) is 5.92 Å². The van der Waals surface area contributed by atoms with Crippen molar-refractivity contribution in [2.45, 2.75) is 71.9 Å². The molecule has 0 aromatic heterocycles. The lowest BCUT2D eigenvalue weighted by atomic mass is 9.97. The van der Waals surface area contributed by atoms with Gasteiger partial charge in [-0.3, -0.25) is 0 Å². The lowest BCUT2D eigenvalue weighted by Gasteiger charge is -2.24. The SMILES string of the molecule is CC[C@@H](C)C[C@@H](CC)N[C@@H](C)CCCO. The number of nitrogens with one attached hydrogen (secondary N) is 1. The first-order valence-corrected chi connectivity index (χ1v) is 6.50. The molecular weight excluding hydrogens is 186 g/mol. The van der Waals surface area contributed by atoms with E-state index in [9.17, 15) is 0 Å². The van der Waals surface area contributed by atoms with Crippen LogP contribution in [0.3, 0.4) is 0 Å². The fraction of sp³-hybridized carbons (Fsp3) is 1.00. The van der Waals surface area contributed by atoms with Gasteiger partial charge in [-0.1, -0.05) is 27.2 Å². The maximum atomic E-state index is 8.76. The third kappa shape index (κ3) is 7.80. The highest BCUT2D eigenvalue weighted by Gasteiger charge is 2.12. The summed E-state index contributed by atoms with van der Waals surface area (Å²) < 4.78 is 0. The summed E-state index contributed by atoms with van der Waals surface area (Å²) in [5.74, 6) is 0.812. The third-order valence-electron chi connectivity index (χ3n) is 3.19. The predicted octanol–water partition coefficient (Wildman–Crippen LogP) is 2.95. The zero-order valence-electron chi connectivity index (χ0n) is 10.9. The molecule has 0 rings (SSSR count). The van der Waals surface area contributed by atoms with Gasteiger partial charge in [0.25, 0.3) is 0 Å². The standard InChI is InChI=1S/C13H29NO/c1-5-11(3)10-13(6-2)14-12(4)8-7-9-15/h11-15H,5-10H2,1-4H3/t11-,12+,13-/m1/s1. The van der Waals surface area contributed by atoms with Crippen molar-refractivity contribution in [2.24, 2.45) is 5.92 Å². The van der Waals surface area contributed by atoms with Crippen molar-refractivity contribution >= 4 is 0 Å². The van der Waals surface area contributed by atoms with Crippen LogP contribution < -0.4 is 5.32 Å². The van der Waals surface area contributed by atoms with E-state index in [1.54, 1.807) is 0 Å². The molecule has 0 bridgehead atoms. The Labute approximate surface area is 95.5 Å². The molecule has 0 aliphatic heterocycles. The average molecular weight is 215 g/mol. The summed E-state index contributed by atoms with van der Waals surface area (Å²) in [4.78, 5) is 0. The first-order valence-electron chi connectivity index (χ1n) is 6.50. The van der Waals surface area contributed by atoms with Crippen molar-refractivity contribution in [3.05, 3.63) is 0 Å². The summed E-state index contributed by atoms with van der Waals surface area (Å²) in [5.41, 5.74) is 0. The average Bonchev–Trinajstić information content (AvgIpc) is 2.25. The molecule has 2 heteroatoms. The van der Waals surface area contributed by atoms with Crippen LogP contribution >= 0.6 is 0 Å². The summed E-state index contributed by atoms with van der Waals surface area (Å²) in [7, 11) is 0. The molecule has 0 aliphatic rings. The summed E-state index contributed by atoms with van der Waals surface area (Å²) in [6, 6.07) is 1.18. The monoisotopic (exact) mass is 215 g/mol. The molecule has 0 heterocycles. The summed E-state index contributed by atoms with van der Waals surface area (Å²) in [6.07, 6.45) is 5.73. The van der Waals surface area contributed by atoms with Crippen LogP contribution in [0.1, 0.15) is 59.8 Å². The second-order valence-corrected chi connectivity index (χ2v) is 4.79. The van der Waals surface area contributed by atoms with Gasteiger partial charge in [-0.25, -0.2) is 0 Å². The molecule has 15 heavy (non-hydrogen) atoms. The van der Waals surface area contributed by atoms with Crippen molar-refractivity contribution in [1.29, 1.82) is 0 Å². The van der Waals surface area contributed by atoms with E-state index < -0.39 is 0 Å². The number of rotatable bonds is 9. The molecule has 0 radical (unpaired) electrons. The molecule has 2 N–H and O–H groups in total. The van der Waals surface area contributed by atoms with Crippen LogP contribution in [-0.2, 0) is 0 Å². The lowest BCUT2D eigenvalue weighted by molar-refractivity contribution is 0.269. The quantitative estimate of drug-likeness (QED) is 0.620. The highest BCUT2D eigenvalue weighted by Crippen LogP contribution is 2.13. The molecule has 0 aromatic carbocycles. The molecule has 0 unspecified atom stereocenters. The molecule has 0 aromatic rings. The van der Waals surface area contributed by atoms with Crippen molar-refractivity contribution in [3.63, 3.8) is 0 Å². The molecular formula is C13H29NO. The van der Waals surface area contributed by atoms with Crippen molar-refractivity contribution in [1.82, 2.24) is 5.32 Å². The highest BCUT2D eigenvalue weighted by atomic mass is 16.2. The van der Waals surface area contributed by atoms with Crippen molar-refractivity contribution < 1.29 is 5.11 Å². The molecule has 92 valence electrons. The molecule has 0 spiro atoms. The Morgan fingerprint density at radius 2 is 1.80 bits per heavy atom. The van der Waals surface area contributed by atoms with E-state index in [4.69, 9.17) is 5.11 Å². The minimum absolute atomic E-state index is 0.314. The Hall–Kier alpha value is -0.0800. The van der Waals surface area contributed by atoms with Gasteiger partial charge >= 0.3 is 0 Å². The van der Waals surface area contributed by atoms with E-state index >= 15 is 0 Å². The van der Waals surface area contributed by atoms with Gasteiger partial charge in [-0.2, -0.15) is 0 Å². The molecule has 0 saturated heterocycles. The minimum Gasteiger partial charge on any atom is -0.396 e. The molecule has 0 saturated carbocycles. The zero-order chi connectivity index (χ0) is 11.7. The Kier molecular flexibility index (Phi) is 9.12. The van der Waals surface area contributed by atoms with Crippen LogP contribution in [0.25, 0.3) is 0 Å². The molecule has 3 atom stereocenters. The van der Waals surface area contributed by atoms with Gasteiger partial charge in [0.2, 0.25) is 0 Å². The van der Waals surface area contributed by atoms with Crippen LogP contribution in [0.15, 0.2) is 0 Å². The maximum absolute atomic E-state index is 8.76. The molecule has 0 fully saturated rings. The largest absolute Gasteiger partial charge is 0.396 e. The van der Waals surface area contributed by atoms with Gasteiger partial charge in [0.1, 0.15) is 0 Å². The topological polar surface area (TPSA) is 32.3 Å². The first-order chi connectivity index (χ1) is 7.13.